The van der Waals surface area contributed by atoms with Crippen molar-refractivity contribution in [2.45, 2.75) is 25.6 Å². The molecule has 1 saturated heterocycles. The lowest BCUT2D eigenvalue weighted by Gasteiger charge is -2.41. The molecule has 0 amide bonds. The fourth-order valence-electron chi connectivity index (χ4n) is 3.30. The predicted molar refractivity (Wildman–Crippen MR) is 85.7 cm³/mol. The summed E-state index contributed by atoms with van der Waals surface area (Å²) in [5.41, 5.74) is -0.624. The maximum absolute atomic E-state index is 13.7. The highest BCUT2D eigenvalue weighted by atomic mass is 19.2. The molecule has 2 aliphatic rings. The largest absolute Gasteiger partial charge is 0.472 e. The summed E-state index contributed by atoms with van der Waals surface area (Å²) in [6.45, 7) is 1.96. The average molecular weight is 367 g/mol. The van der Waals surface area contributed by atoms with Crippen molar-refractivity contribution in [1.82, 2.24) is 9.55 Å². The Hall–Kier alpha value is -2.55. The number of ether oxygens (including phenoxy) is 2. The van der Waals surface area contributed by atoms with Crippen LogP contribution in [0.5, 0.6) is 5.88 Å². The van der Waals surface area contributed by atoms with E-state index in [-0.39, 0.29) is 24.1 Å². The maximum atomic E-state index is 13.7. The number of halogens is 3. The summed E-state index contributed by atoms with van der Waals surface area (Å²) < 4.78 is 52.4. The molecule has 0 bridgehead atoms. The third-order valence-electron chi connectivity index (χ3n) is 4.64. The quantitative estimate of drug-likeness (QED) is 0.775. The van der Waals surface area contributed by atoms with Crippen LogP contribution in [0.4, 0.5) is 19.0 Å². The summed E-state index contributed by atoms with van der Waals surface area (Å²) in [7, 11) is 0. The Kier molecular flexibility index (Phi) is 4.31. The monoisotopic (exact) mass is 367 g/mol. The molecule has 0 N–H and O–H groups in total. The number of nitrogens with zero attached hydrogens (tertiary/aromatic N) is 3. The first-order chi connectivity index (χ1) is 12.5. The number of rotatable bonds is 3. The zero-order valence-electron chi connectivity index (χ0n) is 13.8. The van der Waals surface area contributed by atoms with Gasteiger partial charge in [-0.25, -0.2) is 18.0 Å². The van der Waals surface area contributed by atoms with Gasteiger partial charge in [0, 0.05) is 30.8 Å². The van der Waals surface area contributed by atoms with E-state index >= 15 is 0 Å². The maximum Gasteiger partial charge on any atom is 0.352 e. The van der Waals surface area contributed by atoms with Gasteiger partial charge in [0.2, 0.25) is 5.88 Å². The highest BCUT2D eigenvalue weighted by molar-refractivity contribution is 5.45. The molecule has 9 heteroatoms. The Bertz CT molecular complexity index is 903. The molecule has 0 spiro atoms. The summed E-state index contributed by atoms with van der Waals surface area (Å²) in [6.07, 6.45) is 0.787. The molecule has 26 heavy (non-hydrogen) atoms. The van der Waals surface area contributed by atoms with E-state index in [2.05, 4.69) is 9.88 Å². The molecule has 0 unspecified atom stereocenters. The molecule has 1 aromatic carbocycles. The van der Waals surface area contributed by atoms with Crippen LogP contribution in [0.15, 0.2) is 23.0 Å². The number of hydrogen-bond donors (Lipinski definition) is 0. The Labute approximate surface area is 146 Å². The molecule has 4 rings (SSSR count). The van der Waals surface area contributed by atoms with Crippen LogP contribution in [0.3, 0.4) is 0 Å². The van der Waals surface area contributed by atoms with Crippen molar-refractivity contribution >= 4 is 5.82 Å². The zero-order valence-corrected chi connectivity index (χ0v) is 13.8. The lowest BCUT2D eigenvalue weighted by Crippen LogP contribution is -2.51. The van der Waals surface area contributed by atoms with Gasteiger partial charge in [-0.2, -0.15) is 4.98 Å². The van der Waals surface area contributed by atoms with Crippen molar-refractivity contribution in [3.63, 3.8) is 0 Å². The van der Waals surface area contributed by atoms with Crippen LogP contribution in [0.1, 0.15) is 12.0 Å². The topological polar surface area (TPSA) is 56.6 Å². The van der Waals surface area contributed by atoms with Crippen LogP contribution in [-0.2, 0) is 17.9 Å². The van der Waals surface area contributed by atoms with Crippen LogP contribution in [0, 0.1) is 17.5 Å². The second-order valence-electron chi connectivity index (χ2n) is 6.24. The highest BCUT2D eigenvalue weighted by Crippen LogP contribution is 2.28. The molecule has 1 fully saturated rings. The molecular weight excluding hydrogens is 351 g/mol. The lowest BCUT2D eigenvalue weighted by molar-refractivity contribution is 0.0847. The van der Waals surface area contributed by atoms with Gasteiger partial charge in [0.1, 0.15) is 18.2 Å². The van der Waals surface area contributed by atoms with Gasteiger partial charge in [-0.15, -0.1) is 0 Å². The molecule has 2 aliphatic heterocycles. The first-order valence-corrected chi connectivity index (χ1v) is 8.25. The highest BCUT2D eigenvalue weighted by Gasteiger charge is 2.30. The Morgan fingerprint density at radius 3 is 2.81 bits per heavy atom. The predicted octanol–water partition coefficient (Wildman–Crippen LogP) is 1.85. The smallest absolute Gasteiger partial charge is 0.352 e. The summed E-state index contributed by atoms with van der Waals surface area (Å²) >= 11 is 0. The van der Waals surface area contributed by atoms with Crippen molar-refractivity contribution in [1.29, 1.82) is 0 Å². The summed E-state index contributed by atoms with van der Waals surface area (Å²) in [5, 5.41) is 0. The van der Waals surface area contributed by atoms with Gasteiger partial charge in [-0.1, -0.05) is 0 Å². The Morgan fingerprint density at radius 1 is 1.15 bits per heavy atom. The number of benzene rings is 1. The standard InChI is InChI=1S/C17H16F3N3O3/c18-12-6-14(20)13(19)5-10(12)8-26-15-7-16-22-3-4-25-9-11(22)1-2-23(16)17(24)21-15/h5-7,11H,1-4,8-9H2/t11-/m1/s1. The lowest BCUT2D eigenvalue weighted by atomic mass is 10.1. The van der Waals surface area contributed by atoms with E-state index in [4.69, 9.17) is 9.47 Å². The number of fused-ring (bicyclic) bond motifs is 3. The second kappa shape index (κ2) is 6.64. The molecule has 1 aromatic heterocycles. The van der Waals surface area contributed by atoms with E-state index < -0.39 is 23.1 Å². The number of morpholine rings is 1. The van der Waals surface area contributed by atoms with Crippen molar-refractivity contribution in [3.8, 4) is 5.88 Å². The minimum Gasteiger partial charge on any atom is -0.472 e. The molecular formula is C17H16F3N3O3. The van der Waals surface area contributed by atoms with Crippen LogP contribution in [0.25, 0.3) is 0 Å². The molecule has 0 radical (unpaired) electrons. The van der Waals surface area contributed by atoms with E-state index in [1.54, 1.807) is 10.6 Å². The molecule has 138 valence electrons. The van der Waals surface area contributed by atoms with Crippen LogP contribution >= 0.6 is 0 Å². The van der Waals surface area contributed by atoms with E-state index in [1.807, 2.05) is 0 Å². The van der Waals surface area contributed by atoms with E-state index in [9.17, 15) is 18.0 Å². The van der Waals surface area contributed by atoms with Crippen molar-refractivity contribution in [3.05, 3.63) is 51.7 Å². The number of anilines is 1. The van der Waals surface area contributed by atoms with Crippen LogP contribution in [-0.4, -0.2) is 35.4 Å². The normalized spacial score (nSPS) is 19.0. The summed E-state index contributed by atoms with van der Waals surface area (Å²) in [4.78, 5) is 18.2. The fourth-order valence-corrected chi connectivity index (χ4v) is 3.30. The van der Waals surface area contributed by atoms with Crippen LogP contribution < -0.4 is 15.3 Å². The van der Waals surface area contributed by atoms with Gasteiger partial charge in [0.15, 0.2) is 11.6 Å². The Balaban J connectivity index is 1.60. The van der Waals surface area contributed by atoms with Gasteiger partial charge in [-0.3, -0.25) is 4.57 Å². The number of hydrogen-bond acceptors (Lipinski definition) is 5. The summed E-state index contributed by atoms with van der Waals surface area (Å²) in [5.74, 6) is -2.68. The van der Waals surface area contributed by atoms with E-state index in [1.165, 1.54) is 0 Å². The molecule has 0 aliphatic carbocycles. The third kappa shape index (κ3) is 3.03. The van der Waals surface area contributed by atoms with Gasteiger partial charge in [-0.05, 0) is 12.5 Å². The SMILES string of the molecule is O=c1nc(OCc2cc(F)c(F)cc2F)cc2n1CC[C@@H]1COCCN21. The first-order valence-electron chi connectivity index (χ1n) is 8.25. The van der Waals surface area contributed by atoms with Crippen molar-refractivity contribution in [2.75, 3.05) is 24.7 Å². The Morgan fingerprint density at radius 2 is 1.96 bits per heavy atom. The van der Waals surface area contributed by atoms with Gasteiger partial charge in [0.05, 0.1) is 19.3 Å². The molecule has 2 aromatic rings. The van der Waals surface area contributed by atoms with Crippen LogP contribution in [0.2, 0.25) is 0 Å². The molecule has 0 saturated carbocycles. The van der Waals surface area contributed by atoms with Gasteiger partial charge < -0.3 is 14.4 Å². The van der Waals surface area contributed by atoms with Crippen molar-refractivity contribution < 1.29 is 22.6 Å². The molecule has 6 nitrogen and oxygen atoms in total. The van der Waals surface area contributed by atoms with E-state index in [0.29, 0.717) is 38.2 Å². The molecule has 1 atom stereocenters. The summed E-state index contributed by atoms with van der Waals surface area (Å²) in [6, 6.07) is 2.98. The minimum atomic E-state index is -1.27. The number of aromatic nitrogens is 2. The average Bonchev–Trinajstić information content (AvgIpc) is 2.63. The fraction of sp³-hybridized carbons (Fsp3) is 0.412. The molecule has 3 heterocycles. The van der Waals surface area contributed by atoms with Gasteiger partial charge in [0.25, 0.3) is 0 Å². The first kappa shape index (κ1) is 16.9. The third-order valence-corrected chi connectivity index (χ3v) is 4.64. The van der Waals surface area contributed by atoms with Crippen molar-refractivity contribution in [2.24, 2.45) is 0 Å². The minimum absolute atomic E-state index is 0.0116. The second-order valence-corrected chi connectivity index (χ2v) is 6.24. The zero-order chi connectivity index (χ0) is 18.3. The van der Waals surface area contributed by atoms with Gasteiger partial charge >= 0.3 is 5.69 Å². The van der Waals surface area contributed by atoms with E-state index in [0.717, 1.165) is 12.5 Å².